The van der Waals surface area contributed by atoms with Crippen LogP contribution in [-0.2, 0) is 4.74 Å². The second-order valence-electron chi connectivity index (χ2n) is 4.10. The number of hydrogen-bond donors (Lipinski definition) is 0. The molecule has 0 radical (unpaired) electrons. The second kappa shape index (κ2) is 4.48. The molecule has 1 aliphatic heterocycles. The molecule has 0 spiro atoms. The average molecular weight is 191 g/mol. The van der Waals surface area contributed by atoms with Crippen molar-refractivity contribution in [2.24, 2.45) is 17.8 Å². The molecule has 3 atom stereocenters. The molecule has 0 aromatic rings. The van der Waals surface area contributed by atoms with Crippen molar-refractivity contribution < 1.29 is 4.74 Å². The van der Waals surface area contributed by atoms with E-state index in [1.54, 1.807) is 0 Å². The minimum absolute atomic E-state index is 0.0483. The van der Waals surface area contributed by atoms with E-state index in [-0.39, 0.29) is 5.56 Å². The Morgan fingerprint density at radius 1 is 1.50 bits per heavy atom. The maximum absolute atomic E-state index is 6.08. The first-order chi connectivity index (χ1) is 5.65. The molecule has 1 aliphatic rings. The fraction of sp³-hybridized carbons (Fsp3) is 1.00. The number of ether oxygens (including phenoxy) is 1. The Kier molecular flexibility index (Phi) is 3.85. The molecule has 0 bridgehead atoms. The quantitative estimate of drug-likeness (QED) is 0.608. The molecule has 1 saturated heterocycles. The van der Waals surface area contributed by atoms with E-state index in [9.17, 15) is 0 Å². The SMILES string of the molecule is CCC1COC(Cl)C(C(C)C)C1. The second-order valence-corrected chi connectivity index (χ2v) is 4.53. The third-order valence-electron chi connectivity index (χ3n) is 2.87. The van der Waals surface area contributed by atoms with Crippen LogP contribution in [0.4, 0.5) is 0 Å². The summed E-state index contributed by atoms with van der Waals surface area (Å²) in [6.07, 6.45) is 2.45. The molecule has 1 rings (SSSR count). The summed E-state index contributed by atoms with van der Waals surface area (Å²) in [5, 5.41) is 0. The molecule has 1 heterocycles. The summed E-state index contributed by atoms with van der Waals surface area (Å²) in [5.41, 5.74) is -0.0483. The van der Waals surface area contributed by atoms with Crippen LogP contribution >= 0.6 is 11.6 Å². The van der Waals surface area contributed by atoms with Crippen molar-refractivity contribution >= 4 is 11.6 Å². The largest absolute Gasteiger partial charge is 0.362 e. The summed E-state index contributed by atoms with van der Waals surface area (Å²) in [5.74, 6) is 1.92. The predicted octanol–water partition coefficient (Wildman–Crippen LogP) is 3.27. The van der Waals surface area contributed by atoms with Gasteiger partial charge in [-0.15, -0.1) is 0 Å². The first-order valence-corrected chi connectivity index (χ1v) is 5.34. The van der Waals surface area contributed by atoms with E-state index in [1.807, 2.05) is 0 Å². The van der Waals surface area contributed by atoms with Crippen molar-refractivity contribution in [2.45, 2.75) is 39.2 Å². The molecule has 12 heavy (non-hydrogen) atoms. The number of hydrogen-bond acceptors (Lipinski definition) is 1. The van der Waals surface area contributed by atoms with Gasteiger partial charge < -0.3 is 4.74 Å². The predicted molar refractivity (Wildman–Crippen MR) is 52.3 cm³/mol. The highest BCUT2D eigenvalue weighted by atomic mass is 35.5. The number of halogens is 1. The van der Waals surface area contributed by atoms with Crippen LogP contribution in [0.5, 0.6) is 0 Å². The Bertz CT molecular complexity index is 136. The third kappa shape index (κ3) is 2.37. The monoisotopic (exact) mass is 190 g/mol. The first-order valence-electron chi connectivity index (χ1n) is 4.90. The molecule has 3 unspecified atom stereocenters. The van der Waals surface area contributed by atoms with E-state index in [0.717, 1.165) is 12.5 Å². The maximum Gasteiger partial charge on any atom is 0.134 e. The molecular weight excluding hydrogens is 172 g/mol. The zero-order valence-corrected chi connectivity index (χ0v) is 8.97. The third-order valence-corrected chi connectivity index (χ3v) is 3.32. The molecule has 2 heteroatoms. The average Bonchev–Trinajstić information content (AvgIpc) is 2.05. The van der Waals surface area contributed by atoms with Crippen LogP contribution in [0.1, 0.15) is 33.6 Å². The minimum atomic E-state index is -0.0483. The van der Waals surface area contributed by atoms with E-state index in [1.165, 1.54) is 12.8 Å². The summed E-state index contributed by atoms with van der Waals surface area (Å²) < 4.78 is 5.52. The van der Waals surface area contributed by atoms with Gasteiger partial charge in [0.05, 0.1) is 6.61 Å². The van der Waals surface area contributed by atoms with Gasteiger partial charge in [-0.05, 0) is 18.3 Å². The molecule has 0 aromatic heterocycles. The van der Waals surface area contributed by atoms with Gasteiger partial charge in [-0.25, -0.2) is 0 Å². The number of alkyl halides is 1. The molecule has 0 aliphatic carbocycles. The van der Waals surface area contributed by atoms with Crippen molar-refractivity contribution in [1.82, 2.24) is 0 Å². The minimum Gasteiger partial charge on any atom is -0.362 e. The summed E-state index contributed by atoms with van der Waals surface area (Å²) in [6.45, 7) is 7.52. The Morgan fingerprint density at radius 3 is 2.67 bits per heavy atom. The lowest BCUT2D eigenvalue weighted by Crippen LogP contribution is -2.33. The highest BCUT2D eigenvalue weighted by Gasteiger charge is 2.30. The van der Waals surface area contributed by atoms with Crippen LogP contribution in [0.2, 0.25) is 0 Å². The van der Waals surface area contributed by atoms with Gasteiger partial charge in [0.15, 0.2) is 0 Å². The van der Waals surface area contributed by atoms with Gasteiger partial charge in [-0.1, -0.05) is 38.8 Å². The standard InChI is InChI=1S/C10H19ClO/c1-4-8-5-9(7(2)3)10(11)12-6-8/h7-10H,4-6H2,1-3H3. The summed E-state index contributed by atoms with van der Waals surface area (Å²) in [6, 6.07) is 0. The number of rotatable bonds is 2. The topological polar surface area (TPSA) is 9.23 Å². The zero-order chi connectivity index (χ0) is 9.14. The van der Waals surface area contributed by atoms with Crippen molar-refractivity contribution in [2.75, 3.05) is 6.61 Å². The van der Waals surface area contributed by atoms with E-state index >= 15 is 0 Å². The molecule has 72 valence electrons. The normalized spacial score (nSPS) is 37.2. The van der Waals surface area contributed by atoms with Crippen molar-refractivity contribution in [3.05, 3.63) is 0 Å². The van der Waals surface area contributed by atoms with Gasteiger partial charge in [-0.2, -0.15) is 0 Å². The van der Waals surface area contributed by atoms with Crippen LogP contribution < -0.4 is 0 Å². The lowest BCUT2D eigenvalue weighted by molar-refractivity contribution is -0.0270. The fourth-order valence-electron chi connectivity index (χ4n) is 1.77. The van der Waals surface area contributed by atoms with Crippen molar-refractivity contribution in [3.63, 3.8) is 0 Å². The van der Waals surface area contributed by atoms with Crippen LogP contribution in [-0.4, -0.2) is 12.2 Å². The van der Waals surface area contributed by atoms with Crippen LogP contribution in [0.15, 0.2) is 0 Å². The van der Waals surface area contributed by atoms with Gasteiger partial charge in [-0.3, -0.25) is 0 Å². The summed E-state index contributed by atoms with van der Waals surface area (Å²) >= 11 is 6.08. The van der Waals surface area contributed by atoms with Crippen molar-refractivity contribution in [1.29, 1.82) is 0 Å². The smallest absolute Gasteiger partial charge is 0.134 e. The summed E-state index contributed by atoms with van der Waals surface area (Å²) in [7, 11) is 0. The molecular formula is C10H19ClO. The zero-order valence-electron chi connectivity index (χ0n) is 8.22. The molecule has 1 fully saturated rings. The molecule has 0 N–H and O–H groups in total. The maximum atomic E-state index is 6.08. The Morgan fingerprint density at radius 2 is 2.17 bits per heavy atom. The lowest BCUT2D eigenvalue weighted by atomic mass is 9.84. The molecule has 1 nitrogen and oxygen atoms in total. The Hall–Kier alpha value is 0.250. The van der Waals surface area contributed by atoms with E-state index in [2.05, 4.69) is 20.8 Å². The van der Waals surface area contributed by atoms with Crippen LogP contribution in [0.25, 0.3) is 0 Å². The van der Waals surface area contributed by atoms with Crippen LogP contribution in [0, 0.1) is 17.8 Å². The van der Waals surface area contributed by atoms with E-state index < -0.39 is 0 Å². The van der Waals surface area contributed by atoms with Gasteiger partial charge in [0, 0.05) is 5.92 Å². The lowest BCUT2D eigenvalue weighted by Gasteiger charge is -2.35. The van der Waals surface area contributed by atoms with Gasteiger partial charge >= 0.3 is 0 Å². The molecule has 0 saturated carbocycles. The van der Waals surface area contributed by atoms with E-state index in [4.69, 9.17) is 16.3 Å². The molecule has 0 aromatic carbocycles. The van der Waals surface area contributed by atoms with Crippen molar-refractivity contribution in [3.8, 4) is 0 Å². The molecule has 0 amide bonds. The fourth-order valence-corrected chi connectivity index (χ4v) is 2.24. The first kappa shape index (κ1) is 10.3. The summed E-state index contributed by atoms with van der Waals surface area (Å²) in [4.78, 5) is 0. The highest BCUT2D eigenvalue weighted by molar-refractivity contribution is 6.19. The van der Waals surface area contributed by atoms with Gasteiger partial charge in [0.1, 0.15) is 5.56 Å². The van der Waals surface area contributed by atoms with Gasteiger partial charge in [0.25, 0.3) is 0 Å². The van der Waals surface area contributed by atoms with E-state index in [0.29, 0.717) is 11.8 Å². The highest BCUT2D eigenvalue weighted by Crippen LogP contribution is 2.33. The Balaban J connectivity index is 2.47. The van der Waals surface area contributed by atoms with Crippen LogP contribution in [0.3, 0.4) is 0 Å². The Labute approximate surface area is 80.4 Å². The van der Waals surface area contributed by atoms with Gasteiger partial charge in [0.2, 0.25) is 0 Å².